The summed E-state index contributed by atoms with van der Waals surface area (Å²) in [6.45, 7) is 4.73. The summed E-state index contributed by atoms with van der Waals surface area (Å²) in [4.78, 5) is 12.4. The molecule has 0 aliphatic heterocycles. The maximum absolute atomic E-state index is 12.4. The summed E-state index contributed by atoms with van der Waals surface area (Å²) in [7, 11) is 0. The lowest BCUT2D eigenvalue weighted by atomic mass is 9.45. The van der Waals surface area contributed by atoms with Crippen LogP contribution in [0.15, 0.2) is 0 Å². The Morgan fingerprint density at radius 1 is 1.00 bits per heavy atom. The molecule has 0 spiro atoms. The Bertz CT molecular complexity index is 458. The minimum Gasteiger partial charge on any atom is -0.393 e. The quantitative estimate of drug-likeness (QED) is 0.733. The van der Waals surface area contributed by atoms with Crippen LogP contribution in [0.2, 0.25) is 0 Å². The second-order valence-electron chi connectivity index (χ2n) is 9.01. The number of carbonyl (C=O) groups excluding carboxylic acids is 1. The fourth-order valence-corrected chi connectivity index (χ4v) is 7.10. The fourth-order valence-electron chi connectivity index (χ4n) is 7.10. The largest absolute Gasteiger partial charge is 0.393 e. The zero-order valence-electron chi connectivity index (χ0n) is 13.6. The number of carbonyl (C=O) groups is 1. The summed E-state index contributed by atoms with van der Waals surface area (Å²) in [6, 6.07) is 0. The molecular weight excluding hydrogens is 260 g/mol. The summed E-state index contributed by atoms with van der Waals surface area (Å²) in [5.74, 6) is 3.52. The number of aliphatic hydroxyl groups is 1. The Morgan fingerprint density at radius 3 is 2.57 bits per heavy atom. The zero-order chi connectivity index (χ0) is 14.8. The van der Waals surface area contributed by atoms with E-state index in [9.17, 15) is 9.90 Å². The summed E-state index contributed by atoms with van der Waals surface area (Å²) in [6.07, 6.45) is 10.1. The van der Waals surface area contributed by atoms with E-state index < -0.39 is 0 Å². The van der Waals surface area contributed by atoms with Gasteiger partial charge in [-0.05, 0) is 80.5 Å². The average molecular weight is 290 g/mol. The fraction of sp³-hybridized carbons (Fsp3) is 0.947. The smallest absolute Gasteiger partial charge is 0.139 e. The molecule has 4 aliphatic carbocycles. The molecule has 0 amide bonds. The van der Waals surface area contributed by atoms with E-state index in [0.717, 1.165) is 49.9 Å². The first-order chi connectivity index (χ1) is 9.95. The second-order valence-corrected chi connectivity index (χ2v) is 9.01. The monoisotopic (exact) mass is 290 g/mol. The maximum Gasteiger partial charge on any atom is 0.139 e. The SMILES string of the molecule is C[C@]12C[C@H](O)CC[C@@H]1CC[C@@H]1[C@@H]2CC[C@]2(C)C(=O)CC[C@@H]12. The number of fused-ring (bicyclic) bond motifs is 5. The van der Waals surface area contributed by atoms with Gasteiger partial charge in [-0.15, -0.1) is 0 Å². The van der Waals surface area contributed by atoms with Crippen molar-refractivity contribution in [3.05, 3.63) is 0 Å². The van der Waals surface area contributed by atoms with Crippen molar-refractivity contribution in [2.24, 2.45) is 34.5 Å². The van der Waals surface area contributed by atoms with Crippen LogP contribution < -0.4 is 0 Å². The van der Waals surface area contributed by atoms with Gasteiger partial charge in [0.2, 0.25) is 0 Å². The van der Waals surface area contributed by atoms with Crippen molar-refractivity contribution in [3.63, 3.8) is 0 Å². The molecule has 4 rings (SSSR count). The van der Waals surface area contributed by atoms with Crippen LogP contribution in [0.3, 0.4) is 0 Å². The van der Waals surface area contributed by atoms with Crippen LogP contribution in [0.25, 0.3) is 0 Å². The molecule has 0 radical (unpaired) electrons. The van der Waals surface area contributed by atoms with Gasteiger partial charge in [0, 0.05) is 11.8 Å². The average Bonchev–Trinajstić information content (AvgIpc) is 2.74. The van der Waals surface area contributed by atoms with Gasteiger partial charge in [-0.25, -0.2) is 0 Å². The maximum atomic E-state index is 12.4. The molecule has 1 N–H and O–H groups in total. The molecule has 0 aromatic rings. The van der Waals surface area contributed by atoms with Gasteiger partial charge in [-0.3, -0.25) is 4.79 Å². The third kappa shape index (κ3) is 1.84. The first kappa shape index (κ1) is 14.2. The second kappa shape index (κ2) is 4.57. The molecule has 0 saturated heterocycles. The molecule has 118 valence electrons. The van der Waals surface area contributed by atoms with Crippen molar-refractivity contribution >= 4 is 5.78 Å². The minimum absolute atomic E-state index is 0.00234. The molecule has 0 aromatic heterocycles. The van der Waals surface area contributed by atoms with Crippen molar-refractivity contribution in [1.82, 2.24) is 0 Å². The lowest BCUT2D eigenvalue weighted by Crippen LogP contribution is -2.54. The van der Waals surface area contributed by atoms with E-state index in [4.69, 9.17) is 0 Å². The van der Waals surface area contributed by atoms with Crippen LogP contribution in [0, 0.1) is 34.5 Å². The molecule has 2 heteroatoms. The predicted octanol–water partition coefficient (Wildman–Crippen LogP) is 3.96. The van der Waals surface area contributed by atoms with Crippen molar-refractivity contribution in [1.29, 1.82) is 0 Å². The summed E-state index contributed by atoms with van der Waals surface area (Å²) < 4.78 is 0. The molecule has 2 nitrogen and oxygen atoms in total. The summed E-state index contributed by atoms with van der Waals surface area (Å²) in [5, 5.41) is 10.2. The standard InChI is InChI=1S/C19H30O2/c1-18-10-9-16-14(15(18)7-8-17(18)21)6-4-12-3-5-13(20)11-19(12,16)2/h12-16,20H,3-11H2,1-2H3/t12-,13-,14+,15+,16+,18+,19+/m1/s1. The lowest BCUT2D eigenvalue weighted by molar-refractivity contribution is -0.144. The summed E-state index contributed by atoms with van der Waals surface area (Å²) in [5.41, 5.74) is 0.338. The van der Waals surface area contributed by atoms with Crippen molar-refractivity contribution in [3.8, 4) is 0 Å². The number of rotatable bonds is 0. The molecule has 4 aliphatic rings. The van der Waals surface area contributed by atoms with Gasteiger partial charge in [-0.1, -0.05) is 13.8 Å². The zero-order valence-corrected chi connectivity index (χ0v) is 13.6. The molecule has 0 aromatic carbocycles. The highest BCUT2D eigenvalue weighted by Gasteiger charge is 2.60. The van der Waals surface area contributed by atoms with E-state index in [1.807, 2.05) is 0 Å². The Hall–Kier alpha value is -0.370. The predicted molar refractivity (Wildman–Crippen MR) is 82.7 cm³/mol. The molecular formula is C19H30O2. The normalized spacial score (nSPS) is 56.5. The van der Waals surface area contributed by atoms with Gasteiger partial charge in [0.1, 0.15) is 5.78 Å². The first-order valence-corrected chi connectivity index (χ1v) is 9.16. The lowest BCUT2D eigenvalue weighted by Gasteiger charge is -2.60. The number of ketones is 1. The molecule has 4 fully saturated rings. The van der Waals surface area contributed by atoms with E-state index in [1.54, 1.807) is 0 Å². The molecule has 0 unspecified atom stereocenters. The molecule has 21 heavy (non-hydrogen) atoms. The van der Waals surface area contributed by atoms with E-state index in [0.29, 0.717) is 17.1 Å². The Balaban J connectivity index is 1.66. The molecule has 7 atom stereocenters. The third-order valence-corrected chi connectivity index (χ3v) is 8.30. The van der Waals surface area contributed by atoms with E-state index in [1.165, 1.54) is 25.7 Å². The van der Waals surface area contributed by atoms with E-state index in [-0.39, 0.29) is 11.5 Å². The third-order valence-electron chi connectivity index (χ3n) is 8.30. The van der Waals surface area contributed by atoms with Crippen LogP contribution in [0.1, 0.15) is 71.6 Å². The van der Waals surface area contributed by atoms with Gasteiger partial charge in [0.15, 0.2) is 0 Å². The Kier molecular flexibility index (Phi) is 3.10. The van der Waals surface area contributed by atoms with Gasteiger partial charge in [0.05, 0.1) is 6.10 Å². The molecule has 4 saturated carbocycles. The Morgan fingerprint density at radius 2 is 1.76 bits per heavy atom. The van der Waals surface area contributed by atoms with Crippen LogP contribution >= 0.6 is 0 Å². The Labute approximate surface area is 128 Å². The van der Waals surface area contributed by atoms with E-state index >= 15 is 0 Å². The van der Waals surface area contributed by atoms with Crippen molar-refractivity contribution < 1.29 is 9.90 Å². The minimum atomic E-state index is -0.0801. The number of hydrogen-bond donors (Lipinski definition) is 1. The van der Waals surface area contributed by atoms with E-state index in [2.05, 4.69) is 13.8 Å². The van der Waals surface area contributed by atoms with Gasteiger partial charge >= 0.3 is 0 Å². The topological polar surface area (TPSA) is 37.3 Å². The van der Waals surface area contributed by atoms with Crippen LogP contribution in [0.5, 0.6) is 0 Å². The molecule has 0 bridgehead atoms. The van der Waals surface area contributed by atoms with Crippen molar-refractivity contribution in [2.75, 3.05) is 0 Å². The van der Waals surface area contributed by atoms with Crippen LogP contribution in [-0.2, 0) is 4.79 Å². The first-order valence-electron chi connectivity index (χ1n) is 9.16. The molecule has 0 heterocycles. The van der Waals surface area contributed by atoms with Gasteiger partial charge in [0.25, 0.3) is 0 Å². The van der Waals surface area contributed by atoms with Crippen LogP contribution in [0.4, 0.5) is 0 Å². The number of hydrogen-bond acceptors (Lipinski definition) is 2. The number of Topliss-reactive ketones (excluding diaryl/α,β-unsaturated/α-hetero) is 1. The van der Waals surface area contributed by atoms with Gasteiger partial charge in [-0.2, -0.15) is 0 Å². The van der Waals surface area contributed by atoms with Crippen LogP contribution in [-0.4, -0.2) is 17.0 Å². The summed E-state index contributed by atoms with van der Waals surface area (Å²) >= 11 is 0. The highest BCUT2D eigenvalue weighted by atomic mass is 16.3. The number of aliphatic hydroxyl groups excluding tert-OH is 1. The highest BCUT2D eigenvalue weighted by Crippen LogP contribution is 2.65. The van der Waals surface area contributed by atoms with Gasteiger partial charge < -0.3 is 5.11 Å². The van der Waals surface area contributed by atoms with Crippen molar-refractivity contribution in [2.45, 2.75) is 77.7 Å². The highest BCUT2D eigenvalue weighted by molar-refractivity contribution is 5.87.